The van der Waals surface area contributed by atoms with Gasteiger partial charge in [-0.15, -0.1) is 0 Å². The van der Waals surface area contributed by atoms with Crippen molar-refractivity contribution >= 4 is 55.6 Å². The molecule has 0 saturated heterocycles. The van der Waals surface area contributed by atoms with Crippen molar-refractivity contribution in [2.24, 2.45) is 0 Å². The monoisotopic (exact) mass is 422 g/mol. The number of halogens is 3. The molecule has 0 aliphatic rings. The number of rotatable bonds is 2. The van der Waals surface area contributed by atoms with E-state index < -0.39 is 9.97 Å². The van der Waals surface area contributed by atoms with Crippen molar-refractivity contribution in [1.29, 1.82) is 0 Å². The summed E-state index contributed by atoms with van der Waals surface area (Å²) in [4.78, 5) is 17.1. The molecule has 0 saturated carbocycles. The van der Waals surface area contributed by atoms with Crippen molar-refractivity contribution in [3.8, 4) is 5.75 Å². The molecule has 0 unspecified atom stereocenters. The fourth-order valence-corrected chi connectivity index (χ4v) is 2.03. The van der Waals surface area contributed by atoms with E-state index in [1.54, 1.807) is 12.1 Å². The van der Waals surface area contributed by atoms with Gasteiger partial charge in [-0.2, -0.15) is 0 Å². The van der Waals surface area contributed by atoms with E-state index in [-0.39, 0.29) is 5.75 Å². The first-order valence-electron chi connectivity index (χ1n) is 3.61. The highest BCUT2D eigenvalue weighted by atomic mass is 80.0. The van der Waals surface area contributed by atoms with Crippen LogP contribution in [-0.4, -0.2) is 9.79 Å². The third kappa shape index (κ3) is 4.97. The lowest BCUT2D eigenvalue weighted by atomic mass is 10.2. The highest BCUT2D eigenvalue weighted by Gasteiger charge is 2.21. The summed E-state index contributed by atoms with van der Waals surface area (Å²) in [5.41, 5.74) is 0.834. The molecule has 0 atom stereocenters. The molecule has 1 rings (SSSR count). The van der Waals surface area contributed by atoms with Crippen molar-refractivity contribution < 1.29 is 18.9 Å². The van der Waals surface area contributed by atoms with E-state index in [0.29, 0.717) is 0 Å². The maximum atomic E-state index is 10.5. The van der Waals surface area contributed by atoms with Gasteiger partial charge in [0.15, 0.2) is 2.14 Å². The van der Waals surface area contributed by atoms with Crippen LogP contribution in [0.4, 0.5) is 0 Å². The second-order valence-corrected chi connectivity index (χ2v) is 10.5. The van der Waals surface area contributed by atoms with Crippen molar-refractivity contribution in [2.75, 3.05) is 0 Å². The van der Waals surface area contributed by atoms with E-state index >= 15 is 0 Å². The third-order valence-electron chi connectivity index (χ3n) is 1.41. The summed E-state index contributed by atoms with van der Waals surface area (Å²) in [5.74, 6) is 0.115. The Morgan fingerprint density at radius 1 is 1.13 bits per heavy atom. The van der Waals surface area contributed by atoms with E-state index in [1.165, 1.54) is 12.1 Å². The fraction of sp³-hybridized carbons (Fsp3) is 0.143. The predicted octanol–water partition coefficient (Wildman–Crippen LogP) is 3.45. The first kappa shape index (κ1) is 13.7. The number of hydrogen-bond acceptors (Lipinski definition) is 2. The van der Waals surface area contributed by atoms with Crippen molar-refractivity contribution in [3.63, 3.8) is 0 Å². The lowest BCUT2D eigenvalue weighted by Crippen LogP contribution is -1.97. The molecule has 0 heterocycles. The Morgan fingerprint density at radius 3 is 1.93 bits per heavy atom. The standard InChI is InChI=1S/C7H6Br3O4P/c8-7(9,10)5-1-3-6(4-2-5)14-15(11,12)13/h1-4H,(H2,11,12,13). The van der Waals surface area contributed by atoms with Gasteiger partial charge in [-0.25, -0.2) is 4.57 Å². The minimum Gasteiger partial charge on any atom is -0.404 e. The molecule has 0 spiro atoms. The van der Waals surface area contributed by atoms with Crippen LogP contribution in [0.2, 0.25) is 0 Å². The quantitative estimate of drug-likeness (QED) is 0.563. The lowest BCUT2D eigenvalue weighted by molar-refractivity contribution is 0.283. The number of alkyl halides is 3. The SMILES string of the molecule is O=P(O)(O)Oc1ccc(C(Br)(Br)Br)cc1. The average Bonchev–Trinajstić information content (AvgIpc) is 2.00. The number of benzene rings is 1. The van der Waals surface area contributed by atoms with Gasteiger partial charge in [-0.3, -0.25) is 9.79 Å². The maximum absolute atomic E-state index is 10.5. The van der Waals surface area contributed by atoms with Crippen LogP contribution in [0.5, 0.6) is 5.75 Å². The zero-order valence-electron chi connectivity index (χ0n) is 7.10. The van der Waals surface area contributed by atoms with E-state index in [9.17, 15) is 4.57 Å². The average molecular weight is 425 g/mol. The minimum absolute atomic E-state index is 0.115. The van der Waals surface area contributed by atoms with Crippen LogP contribution in [0.15, 0.2) is 24.3 Å². The molecule has 0 aromatic heterocycles. The van der Waals surface area contributed by atoms with Gasteiger partial charge in [-0.1, -0.05) is 59.9 Å². The van der Waals surface area contributed by atoms with E-state index in [4.69, 9.17) is 9.79 Å². The summed E-state index contributed by atoms with van der Waals surface area (Å²) in [6.45, 7) is 0. The summed E-state index contributed by atoms with van der Waals surface area (Å²) < 4.78 is 14.4. The smallest absolute Gasteiger partial charge is 0.404 e. The van der Waals surface area contributed by atoms with Gasteiger partial charge >= 0.3 is 7.82 Å². The Balaban J connectivity index is 2.87. The number of phosphoric ester groups is 1. The Morgan fingerprint density at radius 2 is 1.60 bits per heavy atom. The van der Waals surface area contributed by atoms with Gasteiger partial charge < -0.3 is 4.52 Å². The van der Waals surface area contributed by atoms with Crippen LogP contribution in [0.1, 0.15) is 5.56 Å². The van der Waals surface area contributed by atoms with Crippen molar-refractivity contribution in [1.82, 2.24) is 0 Å². The molecule has 0 aliphatic carbocycles. The molecule has 0 aliphatic heterocycles. The Bertz CT molecular complexity index is 380. The summed E-state index contributed by atoms with van der Waals surface area (Å²) >= 11 is 9.93. The van der Waals surface area contributed by atoms with Crippen molar-refractivity contribution in [2.45, 2.75) is 2.14 Å². The molecule has 0 radical (unpaired) electrons. The van der Waals surface area contributed by atoms with Crippen LogP contribution in [0, 0.1) is 0 Å². The normalized spacial score (nSPS) is 12.6. The Kier molecular flexibility index (Phi) is 4.43. The van der Waals surface area contributed by atoms with Gasteiger partial charge in [0.1, 0.15) is 5.75 Å². The highest BCUT2D eigenvalue weighted by molar-refractivity contribution is 9.38. The predicted molar refractivity (Wildman–Crippen MR) is 67.6 cm³/mol. The Hall–Kier alpha value is 0.610. The summed E-state index contributed by atoms with van der Waals surface area (Å²) in [6, 6.07) is 6.24. The van der Waals surface area contributed by atoms with Gasteiger partial charge in [0.25, 0.3) is 0 Å². The van der Waals surface area contributed by atoms with Crippen LogP contribution in [0.25, 0.3) is 0 Å². The van der Waals surface area contributed by atoms with Gasteiger partial charge in [0.05, 0.1) is 0 Å². The summed E-state index contributed by atoms with van der Waals surface area (Å²) in [7, 11) is -4.48. The molecule has 8 heteroatoms. The molecule has 1 aromatic carbocycles. The first-order valence-corrected chi connectivity index (χ1v) is 7.52. The zero-order chi connectivity index (χ0) is 11.7. The molecule has 84 valence electrons. The van der Waals surface area contributed by atoms with Gasteiger partial charge in [0.2, 0.25) is 0 Å². The van der Waals surface area contributed by atoms with Crippen LogP contribution < -0.4 is 4.52 Å². The number of phosphoric acid groups is 1. The lowest BCUT2D eigenvalue weighted by Gasteiger charge is -2.13. The fourth-order valence-electron chi connectivity index (χ4n) is 0.842. The van der Waals surface area contributed by atoms with E-state index in [2.05, 4.69) is 52.3 Å². The van der Waals surface area contributed by atoms with Gasteiger partial charge in [0, 0.05) is 0 Å². The van der Waals surface area contributed by atoms with E-state index in [0.717, 1.165) is 5.56 Å². The third-order valence-corrected chi connectivity index (χ3v) is 3.23. The van der Waals surface area contributed by atoms with Crippen LogP contribution in [-0.2, 0) is 6.71 Å². The second kappa shape index (κ2) is 4.85. The molecule has 0 bridgehead atoms. The molecule has 1 aromatic rings. The van der Waals surface area contributed by atoms with Crippen molar-refractivity contribution in [3.05, 3.63) is 29.8 Å². The van der Waals surface area contributed by atoms with Crippen LogP contribution in [0.3, 0.4) is 0 Å². The molecular formula is C7H6Br3O4P. The number of hydrogen-bond donors (Lipinski definition) is 2. The minimum atomic E-state index is -4.48. The molecule has 0 fully saturated rings. The zero-order valence-corrected chi connectivity index (χ0v) is 12.8. The summed E-state index contributed by atoms with van der Waals surface area (Å²) in [6.07, 6.45) is 0. The molecule has 4 nitrogen and oxygen atoms in total. The van der Waals surface area contributed by atoms with Gasteiger partial charge in [-0.05, 0) is 17.7 Å². The molecule has 2 N–H and O–H groups in total. The second-order valence-electron chi connectivity index (χ2n) is 2.60. The summed E-state index contributed by atoms with van der Waals surface area (Å²) in [5, 5.41) is 0. The van der Waals surface area contributed by atoms with Crippen LogP contribution >= 0.6 is 55.6 Å². The first-order chi connectivity index (χ1) is 6.68. The molecule has 0 amide bonds. The highest BCUT2D eigenvalue weighted by Crippen LogP contribution is 2.45. The molecular weight excluding hydrogens is 419 g/mol. The largest absolute Gasteiger partial charge is 0.524 e. The Labute approximate surface area is 112 Å². The van der Waals surface area contributed by atoms with E-state index in [1.807, 2.05) is 0 Å². The maximum Gasteiger partial charge on any atom is 0.524 e. The topological polar surface area (TPSA) is 66.8 Å². The molecule has 15 heavy (non-hydrogen) atoms.